The van der Waals surface area contributed by atoms with Crippen LogP contribution in [0.1, 0.15) is 86.5 Å². The number of ketones is 1. The van der Waals surface area contributed by atoms with Gasteiger partial charge in [0, 0.05) is 18.4 Å². The zero-order valence-corrected chi connectivity index (χ0v) is 17.2. The Labute approximate surface area is 164 Å². The first-order valence-corrected chi connectivity index (χ1v) is 11.4. The number of carbonyl (C=O) groups is 1. The predicted octanol–water partition coefficient (Wildman–Crippen LogP) is 5.41. The van der Waals surface area contributed by atoms with Crippen molar-refractivity contribution < 1.29 is 4.79 Å². The summed E-state index contributed by atoms with van der Waals surface area (Å²) in [6.07, 6.45) is 11.0. The summed E-state index contributed by atoms with van der Waals surface area (Å²) in [5.74, 6) is 2.65. The van der Waals surface area contributed by atoms with Crippen molar-refractivity contribution in [1.82, 2.24) is 4.90 Å². The number of rotatable bonds is 2. The van der Waals surface area contributed by atoms with Crippen LogP contribution in [-0.4, -0.2) is 23.8 Å². The number of piperidine rings is 1. The van der Waals surface area contributed by atoms with Crippen LogP contribution in [0.15, 0.2) is 12.1 Å². The largest absolute Gasteiger partial charge is 0.299 e. The molecule has 0 amide bonds. The van der Waals surface area contributed by atoms with Crippen LogP contribution in [0.4, 0.5) is 0 Å². The fourth-order valence-electron chi connectivity index (χ4n) is 7.09. The first-order valence-electron chi connectivity index (χ1n) is 11.4. The molecule has 4 atom stereocenters. The summed E-state index contributed by atoms with van der Waals surface area (Å²) in [5, 5.41) is 0. The lowest BCUT2D eigenvalue weighted by Crippen LogP contribution is -2.42. The van der Waals surface area contributed by atoms with Crippen molar-refractivity contribution in [3.63, 3.8) is 0 Å². The second-order valence-electron chi connectivity index (χ2n) is 10.1. The molecule has 1 aromatic carbocycles. The molecular weight excluding hydrogens is 330 g/mol. The van der Waals surface area contributed by atoms with E-state index in [2.05, 4.69) is 30.9 Å². The van der Waals surface area contributed by atoms with Crippen molar-refractivity contribution in [2.24, 2.45) is 17.3 Å². The monoisotopic (exact) mass is 365 g/mol. The molecule has 2 saturated carbocycles. The molecule has 5 rings (SSSR count). The summed E-state index contributed by atoms with van der Waals surface area (Å²) in [6, 6.07) is 5.11. The first kappa shape index (κ1) is 17.9. The lowest BCUT2D eigenvalue weighted by molar-refractivity contribution is -0.129. The number of aryl methyl sites for hydroxylation is 2. The van der Waals surface area contributed by atoms with Crippen molar-refractivity contribution in [1.29, 1.82) is 0 Å². The van der Waals surface area contributed by atoms with E-state index in [-0.39, 0.29) is 5.41 Å². The van der Waals surface area contributed by atoms with Gasteiger partial charge in [-0.05, 0) is 105 Å². The molecule has 1 aromatic rings. The third-order valence-electron chi connectivity index (χ3n) is 8.73. The topological polar surface area (TPSA) is 20.3 Å². The van der Waals surface area contributed by atoms with Gasteiger partial charge in [0.15, 0.2) is 0 Å². The summed E-state index contributed by atoms with van der Waals surface area (Å²) in [5.41, 5.74) is 6.33. The SMILES string of the molecule is Cc1cc2c(cc1CN1CCCCC1)[C@H]1CC[C@]3(C)C(=O)CC[C@H]3[C@@H]1CC2. The second kappa shape index (κ2) is 6.72. The smallest absolute Gasteiger partial charge is 0.139 e. The van der Waals surface area contributed by atoms with Gasteiger partial charge < -0.3 is 0 Å². The van der Waals surface area contributed by atoms with Gasteiger partial charge in [-0.2, -0.15) is 0 Å². The molecule has 0 spiro atoms. The van der Waals surface area contributed by atoms with Crippen molar-refractivity contribution in [3.05, 3.63) is 34.4 Å². The molecule has 1 aliphatic heterocycles. The lowest BCUT2D eigenvalue weighted by atomic mass is 9.55. The highest BCUT2D eigenvalue weighted by molar-refractivity contribution is 5.87. The van der Waals surface area contributed by atoms with Gasteiger partial charge in [0.2, 0.25) is 0 Å². The van der Waals surface area contributed by atoms with Gasteiger partial charge in [-0.25, -0.2) is 0 Å². The molecule has 0 N–H and O–H groups in total. The van der Waals surface area contributed by atoms with E-state index in [9.17, 15) is 4.79 Å². The molecule has 3 fully saturated rings. The Morgan fingerprint density at radius 1 is 1.07 bits per heavy atom. The molecule has 4 aliphatic rings. The number of carbonyl (C=O) groups excluding carboxylic acids is 1. The number of fused-ring (bicyclic) bond motifs is 5. The fraction of sp³-hybridized carbons (Fsp3) is 0.720. The van der Waals surface area contributed by atoms with Crippen molar-refractivity contribution in [3.8, 4) is 0 Å². The molecule has 0 radical (unpaired) electrons. The van der Waals surface area contributed by atoms with Crippen LogP contribution in [0.2, 0.25) is 0 Å². The average molecular weight is 366 g/mol. The van der Waals surface area contributed by atoms with Gasteiger partial charge in [-0.15, -0.1) is 0 Å². The summed E-state index contributed by atoms with van der Waals surface area (Å²) in [7, 11) is 0. The highest BCUT2D eigenvalue weighted by Crippen LogP contribution is 2.59. The van der Waals surface area contributed by atoms with Gasteiger partial charge in [0.1, 0.15) is 5.78 Å². The maximum Gasteiger partial charge on any atom is 0.139 e. The molecule has 2 nitrogen and oxygen atoms in total. The number of hydrogen-bond donors (Lipinski definition) is 0. The standard InChI is InChI=1S/C25H35NO/c1-17-14-18-6-7-21-20(10-11-25(2)23(21)8-9-24(25)27)22(18)15-19(17)16-26-12-4-3-5-13-26/h14-15,20-21,23H,3-13,16H2,1-2H3/t20-,21+,23-,25-/m0/s1. The average Bonchev–Trinajstić information content (AvgIpc) is 2.98. The number of likely N-dealkylation sites (tertiary alicyclic amines) is 1. The van der Waals surface area contributed by atoms with Gasteiger partial charge in [0.25, 0.3) is 0 Å². The van der Waals surface area contributed by atoms with Crippen LogP contribution in [0, 0.1) is 24.2 Å². The normalized spacial score (nSPS) is 36.2. The van der Waals surface area contributed by atoms with E-state index in [0.717, 1.165) is 31.7 Å². The lowest BCUT2D eigenvalue weighted by Gasteiger charge is -2.48. The fourth-order valence-corrected chi connectivity index (χ4v) is 7.09. The third-order valence-corrected chi connectivity index (χ3v) is 8.73. The molecular formula is C25H35NO. The van der Waals surface area contributed by atoms with E-state index in [1.807, 2.05) is 0 Å². The zero-order chi connectivity index (χ0) is 18.6. The van der Waals surface area contributed by atoms with Crippen LogP contribution in [0.5, 0.6) is 0 Å². The Bertz CT molecular complexity index is 747. The molecule has 0 unspecified atom stereocenters. The van der Waals surface area contributed by atoms with Gasteiger partial charge in [-0.1, -0.05) is 25.5 Å². The van der Waals surface area contributed by atoms with Crippen molar-refractivity contribution in [2.75, 3.05) is 13.1 Å². The number of Topliss-reactive ketones (excluding diaryl/α,β-unsaturated/α-hetero) is 1. The van der Waals surface area contributed by atoms with E-state index in [1.165, 1.54) is 57.2 Å². The molecule has 27 heavy (non-hydrogen) atoms. The molecule has 2 heteroatoms. The summed E-state index contributed by atoms with van der Waals surface area (Å²) >= 11 is 0. The van der Waals surface area contributed by atoms with Crippen LogP contribution in [0.25, 0.3) is 0 Å². The van der Waals surface area contributed by atoms with Crippen molar-refractivity contribution >= 4 is 5.78 Å². The first-order chi connectivity index (χ1) is 13.1. The molecule has 0 bridgehead atoms. The molecule has 1 heterocycles. The maximum absolute atomic E-state index is 12.6. The third kappa shape index (κ3) is 2.90. The van der Waals surface area contributed by atoms with Crippen LogP contribution in [0.3, 0.4) is 0 Å². The molecule has 0 aromatic heterocycles. The van der Waals surface area contributed by atoms with E-state index in [0.29, 0.717) is 17.6 Å². The van der Waals surface area contributed by atoms with Crippen LogP contribution < -0.4 is 0 Å². The Hall–Kier alpha value is -1.15. The van der Waals surface area contributed by atoms with Crippen LogP contribution >= 0.6 is 0 Å². The highest BCUT2D eigenvalue weighted by Gasteiger charge is 2.54. The van der Waals surface area contributed by atoms with Gasteiger partial charge >= 0.3 is 0 Å². The minimum Gasteiger partial charge on any atom is -0.299 e. The second-order valence-corrected chi connectivity index (χ2v) is 10.1. The van der Waals surface area contributed by atoms with E-state index < -0.39 is 0 Å². The molecule has 3 aliphatic carbocycles. The number of nitrogens with zero attached hydrogens (tertiary/aromatic N) is 1. The quantitative estimate of drug-likeness (QED) is 0.699. The zero-order valence-electron chi connectivity index (χ0n) is 17.2. The molecule has 1 saturated heterocycles. The highest BCUT2D eigenvalue weighted by atomic mass is 16.1. The van der Waals surface area contributed by atoms with Gasteiger partial charge in [0.05, 0.1) is 0 Å². The number of benzene rings is 1. The van der Waals surface area contributed by atoms with E-state index in [4.69, 9.17) is 0 Å². The van der Waals surface area contributed by atoms with Crippen LogP contribution in [-0.2, 0) is 17.8 Å². The molecule has 146 valence electrons. The van der Waals surface area contributed by atoms with Gasteiger partial charge in [-0.3, -0.25) is 9.69 Å². The van der Waals surface area contributed by atoms with Crippen molar-refractivity contribution in [2.45, 2.75) is 84.1 Å². The minimum absolute atomic E-state index is 0.00000194. The Kier molecular flexibility index (Phi) is 4.46. The number of hydrogen-bond acceptors (Lipinski definition) is 2. The summed E-state index contributed by atoms with van der Waals surface area (Å²) in [4.78, 5) is 15.2. The predicted molar refractivity (Wildman–Crippen MR) is 110 cm³/mol. The Balaban J connectivity index is 1.44. The maximum atomic E-state index is 12.6. The van der Waals surface area contributed by atoms with E-state index >= 15 is 0 Å². The van der Waals surface area contributed by atoms with E-state index in [1.54, 1.807) is 16.7 Å². The Morgan fingerprint density at radius 3 is 2.70 bits per heavy atom. The minimum atomic E-state index is -0.00000194. The summed E-state index contributed by atoms with van der Waals surface area (Å²) in [6.45, 7) is 8.28. The summed E-state index contributed by atoms with van der Waals surface area (Å²) < 4.78 is 0. The Morgan fingerprint density at radius 2 is 1.89 bits per heavy atom.